The second kappa shape index (κ2) is 5.35. The highest BCUT2D eigenvalue weighted by Crippen LogP contribution is 2.26. The molecule has 0 bridgehead atoms. The number of rotatable bonds is 5. The Morgan fingerprint density at radius 3 is 2.67 bits per heavy atom. The number of aliphatic imine (C=N–C) groups is 1. The molecule has 0 amide bonds. The molecule has 1 aliphatic heterocycles. The van der Waals surface area contributed by atoms with E-state index < -0.39 is 0 Å². The zero-order valence-corrected chi connectivity index (χ0v) is 9.41. The van der Waals surface area contributed by atoms with Crippen molar-refractivity contribution in [1.29, 1.82) is 0 Å². The highest BCUT2D eigenvalue weighted by Gasteiger charge is 2.16. The first-order valence-corrected chi connectivity index (χ1v) is 6.11. The zero-order chi connectivity index (χ0) is 10.5. The topological polar surface area (TPSA) is 53.6 Å². The van der Waals surface area contributed by atoms with Crippen molar-refractivity contribution in [1.82, 2.24) is 10.2 Å². The number of nitrogens with zero attached hydrogens (tertiary/aromatic N) is 2. The summed E-state index contributed by atoms with van der Waals surface area (Å²) in [6, 6.07) is 0. The standard InChI is InChI=1S/C11H22N4/c12-11(14-9-10-3-1-4-10)13-5-8-15-6-2-7-15/h10H,1-9H2,(H3,12,13,14). The largest absolute Gasteiger partial charge is 0.370 e. The first-order valence-electron chi connectivity index (χ1n) is 6.11. The van der Waals surface area contributed by atoms with E-state index in [9.17, 15) is 0 Å². The lowest BCUT2D eigenvalue weighted by molar-refractivity contribution is 0.185. The van der Waals surface area contributed by atoms with Crippen molar-refractivity contribution < 1.29 is 0 Å². The summed E-state index contributed by atoms with van der Waals surface area (Å²) in [4.78, 5) is 6.77. The second-order valence-corrected chi connectivity index (χ2v) is 4.64. The number of hydrogen-bond acceptors (Lipinski definition) is 2. The van der Waals surface area contributed by atoms with Crippen LogP contribution < -0.4 is 11.1 Å². The van der Waals surface area contributed by atoms with Gasteiger partial charge in [-0.05, 0) is 38.3 Å². The fourth-order valence-corrected chi connectivity index (χ4v) is 1.91. The van der Waals surface area contributed by atoms with E-state index in [1.54, 1.807) is 0 Å². The smallest absolute Gasteiger partial charge is 0.188 e. The maximum Gasteiger partial charge on any atom is 0.188 e. The Kier molecular flexibility index (Phi) is 3.83. The molecule has 0 aromatic carbocycles. The summed E-state index contributed by atoms with van der Waals surface area (Å²) in [6.45, 7) is 5.45. The van der Waals surface area contributed by atoms with Gasteiger partial charge in [0.05, 0.1) is 0 Å². The summed E-state index contributed by atoms with van der Waals surface area (Å²) in [7, 11) is 0. The Balaban J connectivity index is 1.52. The van der Waals surface area contributed by atoms with Crippen LogP contribution in [0.3, 0.4) is 0 Å². The first kappa shape index (κ1) is 10.7. The summed E-state index contributed by atoms with van der Waals surface area (Å²) >= 11 is 0. The summed E-state index contributed by atoms with van der Waals surface area (Å²) < 4.78 is 0. The molecule has 2 fully saturated rings. The molecule has 1 heterocycles. The van der Waals surface area contributed by atoms with Gasteiger partial charge in [-0.25, -0.2) is 0 Å². The molecule has 1 saturated heterocycles. The normalized spacial score (nSPS) is 23.3. The van der Waals surface area contributed by atoms with Crippen LogP contribution in [0.25, 0.3) is 0 Å². The van der Waals surface area contributed by atoms with Crippen LogP contribution in [0.1, 0.15) is 25.7 Å². The number of nitrogens with two attached hydrogens (primary N) is 1. The molecule has 1 aliphatic carbocycles. The third-order valence-electron chi connectivity index (χ3n) is 3.43. The molecule has 86 valence electrons. The summed E-state index contributed by atoms with van der Waals surface area (Å²) in [5.41, 5.74) is 5.77. The average molecular weight is 210 g/mol. The van der Waals surface area contributed by atoms with Gasteiger partial charge in [0.2, 0.25) is 0 Å². The quantitative estimate of drug-likeness (QED) is 0.510. The molecule has 0 spiro atoms. The molecule has 4 heteroatoms. The summed E-state index contributed by atoms with van der Waals surface area (Å²) in [6.07, 6.45) is 5.41. The van der Waals surface area contributed by atoms with Gasteiger partial charge in [0.25, 0.3) is 0 Å². The predicted molar refractivity (Wildman–Crippen MR) is 62.9 cm³/mol. The van der Waals surface area contributed by atoms with Gasteiger partial charge < -0.3 is 16.0 Å². The lowest BCUT2D eigenvalue weighted by Gasteiger charge is -2.30. The molecule has 1 saturated carbocycles. The van der Waals surface area contributed by atoms with Gasteiger partial charge in [0, 0.05) is 19.6 Å². The van der Waals surface area contributed by atoms with Crippen LogP contribution in [-0.2, 0) is 0 Å². The van der Waals surface area contributed by atoms with E-state index in [-0.39, 0.29) is 0 Å². The Morgan fingerprint density at radius 2 is 2.13 bits per heavy atom. The molecule has 0 atom stereocenters. The predicted octanol–water partition coefficient (Wildman–Crippen LogP) is 0.397. The van der Waals surface area contributed by atoms with E-state index in [0.29, 0.717) is 5.96 Å². The van der Waals surface area contributed by atoms with E-state index in [2.05, 4.69) is 15.2 Å². The summed E-state index contributed by atoms with van der Waals surface area (Å²) in [5, 5.41) is 3.17. The van der Waals surface area contributed by atoms with Gasteiger partial charge in [-0.3, -0.25) is 4.99 Å². The van der Waals surface area contributed by atoms with Gasteiger partial charge in [-0.2, -0.15) is 0 Å². The highest BCUT2D eigenvalue weighted by molar-refractivity contribution is 5.77. The molecular formula is C11H22N4. The van der Waals surface area contributed by atoms with Crippen molar-refractivity contribution in [2.45, 2.75) is 25.7 Å². The highest BCUT2D eigenvalue weighted by atomic mass is 15.2. The molecule has 2 aliphatic rings. The molecule has 0 aromatic heterocycles. The Hall–Kier alpha value is -0.770. The number of guanidine groups is 1. The molecule has 4 nitrogen and oxygen atoms in total. The molecule has 15 heavy (non-hydrogen) atoms. The first-order chi connectivity index (χ1) is 7.34. The van der Waals surface area contributed by atoms with Gasteiger partial charge in [0.1, 0.15) is 0 Å². The SMILES string of the molecule is NC(=NCC1CCC1)NCCN1CCC1. The monoisotopic (exact) mass is 210 g/mol. The van der Waals surface area contributed by atoms with Crippen molar-refractivity contribution in [3.8, 4) is 0 Å². The van der Waals surface area contributed by atoms with Crippen molar-refractivity contribution in [2.24, 2.45) is 16.6 Å². The van der Waals surface area contributed by atoms with Crippen molar-refractivity contribution in [2.75, 3.05) is 32.7 Å². The van der Waals surface area contributed by atoms with Crippen LogP contribution in [0.15, 0.2) is 4.99 Å². The minimum absolute atomic E-state index is 0.627. The maximum atomic E-state index is 5.77. The van der Waals surface area contributed by atoms with Crippen LogP contribution >= 0.6 is 0 Å². The zero-order valence-electron chi connectivity index (χ0n) is 9.41. The van der Waals surface area contributed by atoms with Crippen molar-refractivity contribution in [3.63, 3.8) is 0 Å². The van der Waals surface area contributed by atoms with Crippen LogP contribution in [0.5, 0.6) is 0 Å². The number of hydrogen-bond donors (Lipinski definition) is 2. The van der Waals surface area contributed by atoms with E-state index >= 15 is 0 Å². The van der Waals surface area contributed by atoms with E-state index in [4.69, 9.17) is 5.73 Å². The van der Waals surface area contributed by atoms with Crippen LogP contribution in [0.4, 0.5) is 0 Å². The minimum Gasteiger partial charge on any atom is -0.370 e. The molecule has 2 rings (SSSR count). The van der Waals surface area contributed by atoms with Crippen LogP contribution in [0, 0.1) is 5.92 Å². The fourth-order valence-electron chi connectivity index (χ4n) is 1.91. The van der Waals surface area contributed by atoms with Gasteiger partial charge >= 0.3 is 0 Å². The molecule has 0 unspecified atom stereocenters. The molecule has 3 N–H and O–H groups in total. The van der Waals surface area contributed by atoms with E-state index in [1.165, 1.54) is 38.8 Å². The Labute approximate surface area is 91.9 Å². The van der Waals surface area contributed by atoms with Gasteiger partial charge in [-0.15, -0.1) is 0 Å². The Morgan fingerprint density at radius 1 is 1.33 bits per heavy atom. The minimum atomic E-state index is 0.627. The van der Waals surface area contributed by atoms with Crippen LogP contribution in [0.2, 0.25) is 0 Å². The molecular weight excluding hydrogens is 188 g/mol. The number of nitrogens with one attached hydrogen (secondary N) is 1. The van der Waals surface area contributed by atoms with Crippen molar-refractivity contribution in [3.05, 3.63) is 0 Å². The third kappa shape index (κ3) is 3.38. The lowest BCUT2D eigenvalue weighted by Crippen LogP contribution is -2.44. The average Bonchev–Trinajstić information content (AvgIpc) is 2.06. The van der Waals surface area contributed by atoms with E-state index in [0.717, 1.165) is 25.6 Å². The van der Waals surface area contributed by atoms with Gasteiger partial charge in [0.15, 0.2) is 5.96 Å². The molecule has 0 radical (unpaired) electrons. The van der Waals surface area contributed by atoms with Crippen LogP contribution in [-0.4, -0.2) is 43.6 Å². The number of likely N-dealkylation sites (tertiary alicyclic amines) is 1. The van der Waals surface area contributed by atoms with Crippen molar-refractivity contribution >= 4 is 5.96 Å². The Bertz CT molecular complexity index is 219. The summed E-state index contributed by atoms with van der Waals surface area (Å²) in [5.74, 6) is 1.43. The van der Waals surface area contributed by atoms with Gasteiger partial charge in [-0.1, -0.05) is 6.42 Å². The lowest BCUT2D eigenvalue weighted by atomic mass is 9.86. The maximum absolute atomic E-state index is 5.77. The third-order valence-corrected chi connectivity index (χ3v) is 3.43. The van der Waals surface area contributed by atoms with E-state index in [1.807, 2.05) is 0 Å². The second-order valence-electron chi connectivity index (χ2n) is 4.64. The molecule has 0 aromatic rings. The fraction of sp³-hybridized carbons (Fsp3) is 0.909.